The fraction of sp³-hybridized carbons (Fsp3) is 0.286. The number of aromatic amines is 1. The van der Waals surface area contributed by atoms with Crippen molar-refractivity contribution in [2.24, 2.45) is 0 Å². The Bertz CT molecular complexity index is 749. The molecule has 6 nitrogen and oxygen atoms in total. The number of aromatic hydroxyl groups is 1. The van der Waals surface area contributed by atoms with Crippen LogP contribution in [0.4, 0.5) is 0 Å². The molecule has 1 atom stereocenters. The third-order valence-corrected chi connectivity index (χ3v) is 4.12. The molecule has 3 N–H and O–H groups in total. The first-order valence-corrected chi connectivity index (χ1v) is 6.53. The quantitative estimate of drug-likeness (QED) is 0.642. The molecule has 2 aromatic rings. The number of hydrogen-bond acceptors (Lipinski definition) is 3. The van der Waals surface area contributed by atoms with Crippen molar-refractivity contribution < 1.29 is 14.7 Å². The van der Waals surface area contributed by atoms with Gasteiger partial charge in [0.15, 0.2) is 0 Å². The van der Waals surface area contributed by atoms with Gasteiger partial charge in [0, 0.05) is 29.1 Å². The van der Waals surface area contributed by atoms with E-state index in [1.54, 1.807) is 17.0 Å². The molecule has 1 aromatic carbocycles. The number of carbonyl (C=O) groups excluding carboxylic acids is 2. The van der Waals surface area contributed by atoms with Gasteiger partial charge in [-0.1, -0.05) is 0 Å². The number of H-pyrrole nitrogens is 1. The zero-order chi connectivity index (χ0) is 13.9. The predicted molar refractivity (Wildman–Crippen MR) is 71.0 cm³/mol. The molecule has 1 saturated heterocycles. The van der Waals surface area contributed by atoms with E-state index in [-0.39, 0.29) is 24.1 Å². The Kier molecular flexibility index (Phi) is 2.13. The summed E-state index contributed by atoms with van der Waals surface area (Å²) in [6.07, 6.45) is 0.512. The fourth-order valence-electron chi connectivity index (χ4n) is 3.13. The zero-order valence-corrected chi connectivity index (χ0v) is 10.6. The second-order valence-electron chi connectivity index (χ2n) is 5.27. The van der Waals surface area contributed by atoms with Gasteiger partial charge in [-0.3, -0.25) is 9.59 Å². The van der Waals surface area contributed by atoms with Crippen LogP contribution in [0.15, 0.2) is 18.2 Å². The molecule has 0 spiro atoms. The average molecular weight is 271 g/mol. The number of carbonyl (C=O) groups is 2. The Hall–Kier alpha value is -2.50. The van der Waals surface area contributed by atoms with Crippen molar-refractivity contribution in [3.05, 3.63) is 29.5 Å². The SMILES string of the molecule is O=C1NCC(=O)N2Cc3[nH]c4cc(O)ccc4c3CC12. The number of benzene rings is 1. The van der Waals surface area contributed by atoms with Crippen LogP contribution < -0.4 is 5.32 Å². The summed E-state index contributed by atoms with van der Waals surface area (Å²) in [5, 5.41) is 13.2. The summed E-state index contributed by atoms with van der Waals surface area (Å²) in [4.78, 5) is 28.7. The predicted octanol–water partition coefficient (Wildman–Crippen LogP) is 0.257. The highest BCUT2D eigenvalue weighted by Crippen LogP contribution is 2.32. The normalized spacial score (nSPS) is 21.6. The topological polar surface area (TPSA) is 85.4 Å². The number of piperazine rings is 1. The van der Waals surface area contributed by atoms with Gasteiger partial charge in [0.1, 0.15) is 11.8 Å². The minimum Gasteiger partial charge on any atom is -0.508 e. The monoisotopic (exact) mass is 271 g/mol. The minimum atomic E-state index is -0.420. The van der Waals surface area contributed by atoms with E-state index < -0.39 is 6.04 Å². The van der Waals surface area contributed by atoms with E-state index >= 15 is 0 Å². The van der Waals surface area contributed by atoms with Gasteiger partial charge in [-0.25, -0.2) is 0 Å². The van der Waals surface area contributed by atoms with Crippen LogP contribution in [0.2, 0.25) is 0 Å². The summed E-state index contributed by atoms with van der Waals surface area (Å²) in [5.41, 5.74) is 2.85. The minimum absolute atomic E-state index is 0.0539. The van der Waals surface area contributed by atoms with Crippen LogP contribution in [0, 0.1) is 0 Å². The highest BCUT2D eigenvalue weighted by Gasteiger charge is 2.39. The maximum absolute atomic E-state index is 11.9. The molecule has 2 aliphatic rings. The molecular weight excluding hydrogens is 258 g/mol. The zero-order valence-electron chi connectivity index (χ0n) is 10.6. The van der Waals surface area contributed by atoms with E-state index in [1.165, 1.54) is 0 Å². The standard InChI is InChI=1S/C14H13N3O3/c18-7-1-2-8-9-4-12-14(20)15-5-13(19)17(12)6-11(9)16-10(8)3-7/h1-3,12,16,18H,4-6H2,(H,15,20). The molecule has 2 amide bonds. The van der Waals surface area contributed by atoms with Crippen molar-refractivity contribution in [2.75, 3.05) is 6.54 Å². The molecule has 4 rings (SSSR count). The molecule has 102 valence electrons. The van der Waals surface area contributed by atoms with Crippen molar-refractivity contribution >= 4 is 22.7 Å². The van der Waals surface area contributed by atoms with E-state index in [9.17, 15) is 14.7 Å². The van der Waals surface area contributed by atoms with Gasteiger partial charge in [0.2, 0.25) is 11.8 Å². The van der Waals surface area contributed by atoms with Crippen LogP contribution in [-0.2, 0) is 22.6 Å². The molecule has 1 unspecified atom stereocenters. The summed E-state index contributed by atoms with van der Waals surface area (Å²) in [6.45, 7) is 0.493. The van der Waals surface area contributed by atoms with E-state index in [4.69, 9.17) is 0 Å². The largest absolute Gasteiger partial charge is 0.508 e. The summed E-state index contributed by atoms with van der Waals surface area (Å²) in [5.74, 6) is 0.0489. The van der Waals surface area contributed by atoms with Crippen molar-refractivity contribution in [1.29, 1.82) is 0 Å². The lowest BCUT2D eigenvalue weighted by Crippen LogP contribution is -2.60. The highest BCUT2D eigenvalue weighted by atomic mass is 16.3. The summed E-state index contributed by atoms with van der Waals surface area (Å²) in [7, 11) is 0. The number of fused-ring (bicyclic) bond motifs is 4. The average Bonchev–Trinajstić information content (AvgIpc) is 2.78. The van der Waals surface area contributed by atoms with Crippen LogP contribution >= 0.6 is 0 Å². The molecule has 1 aromatic heterocycles. The summed E-state index contributed by atoms with van der Waals surface area (Å²) < 4.78 is 0. The second kappa shape index (κ2) is 3.75. The van der Waals surface area contributed by atoms with Gasteiger partial charge >= 0.3 is 0 Å². The molecule has 6 heteroatoms. The van der Waals surface area contributed by atoms with Crippen molar-refractivity contribution in [3.63, 3.8) is 0 Å². The van der Waals surface area contributed by atoms with Gasteiger partial charge in [0.25, 0.3) is 0 Å². The van der Waals surface area contributed by atoms with Crippen LogP contribution in [0.5, 0.6) is 5.75 Å². The Labute approximate surface area is 114 Å². The number of nitrogens with one attached hydrogen (secondary N) is 2. The van der Waals surface area contributed by atoms with Gasteiger partial charge in [0.05, 0.1) is 13.1 Å². The molecule has 1 fully saturated rings. The maximum atomic E-state index is 11.9. The van der Waals surface area contributed by atoms with Gasteiger partial charge < -0.3 is 20.3 Å². The molecule has 0 saturated carbocycles. The highest BCUT2D eigenvalue weighted by molar-refractivity contribution is 5.96. The molecule has 2 aliphatic heterocycles. The fourth-order valence-corrected chi connectivity index (χ4v) is 3.13. The molecular formula is C14H13N3O3. The van der Waals surface area contributed by atoms with Crippen LogP contribution in [0.25, 0.3) is 10.9 Å². The van der Waals surface area contributed by atoms with Crippen molar-refractivity contribution in [2.45, 2.75) is 19.0 Å². The van der Waals surface area contributed by atoms with E-state index in [2.05, 4.69) is 10.3 Å². The summed E-state index contributed by atoms with van der Waals surface area (Å²) in [6, 6.07) is 4.72. The lowest BCUT2D eigenvalue weighted by Gasteiger charge is -2.38. The number of nitrogens with zero attached hydrogens (tertiary/aromatic N) is 1. The first-order chi connectivity index (χ1) is 9.63. The lowest BCUT2D eigenvalue weighted by molar-refractivity contribution is -0.146. The first-order valence-electron chi connectivity index (χ1n) is 6.53. The molecule has 0 aliphatic carbocycles. The van der Waals surface area contributed by atoms with E-state index in [1.807, 2.05) is 6.07 Å². The Morgan fingerprint density at radius 1 is 1.30 bits per heavy atom. The van der Waals surface area contributed by atoms with Gasteiger partial charge in [-0.05, 0) is 17.7 Å². The smallest absolute Gasteiger partial charge is 0.243 e. The van der Waals surface area contributed by atoms with Gasteiger partial charge in [-0.15, -0.1) is 0 Å². The lowest BCUT2D eigenvalue weighted by atomic mass is 9.94. The van der Waals surface area contributed by atoms with E-state index in [0.29, 0.717) is 13.0 Å². The Morgan fingerprint density at radius 3 is 3.00 bits per heavy atom. The number of hydrogen-bond donors (Lipinski definition) is 3. The number of phenolic OH excluding ortho intramolecular Hbond substituents is 1. The number of rotatable bonds is 0. The Balaban J connectivity index is 1.85. The first kappa shape index (κ1) is 11.3. The van der Waals surface area contributed by atoms with E-state index in [0.717, 1.165) is 22.2 Å². The van der Waals surface area contributed by atoms with Crippen LogP contribution in [0.1, 0.15) is 11.3 Å². The third kappa shape index (κ3) is 1.44. The van der Waals surface area contributed by atoms with Crippen molar-refractivity contribution in [3.8, 4) is 5.75 Å². The third-order valence-electron chi connectivity index (χ3n) is 4.12. The summed E-state index contributed by atoms with van der Waals surface area (Å²) >= 11 is 0. The Morgan fingerprint density at radius 2 is 2.15 bits per heavy atom. The number of phenols is 1. The molecule has 0 bridgehead atoms. The second-order valence-corrected chi connectivity index (χ2v) is 5.27. The molecule has 20 heavy (non-hydrogen) atoms. The molecule has 3 heterocycles. The maximum Gasteiger partial charge on any atom is 0.243 e. The van der Waals surface area contributed by atoms with Gasteiger partial charge in [-0.2, -0.15) is 0 Å². The number of amides is 2. The van der Waals surface area contributed by atoms with Crippen LogP contribution in [-0.4, -0.2) is 39.4 Å². The molecule has 0 radical (unpaired) electrons. The van der Waals surface area contributed by atoms with Crippen molar-refractivity contribution in [1.82, 2.24) is 15.2 Å². The number of aromatic nitrogens is 1. The van der Waals surface area contributed by atoms with Crippen LogP contribution in [0.3, 0.4) is 0 Å².